The molecule has 0 atom stereocenters. The van der Waals surface area contributed by atoms with Crippen LogP contribution in [0.4, 0.5) is 8.78 Å². The molecule has 6 aromatic heterocycles. The maximum absolute atomic E-state index is 12.7. The van der Waals surface area contributed by atoms with Crippen molar-refractivity contribution in [2.75, 3.05) is 0 Å². The lowest BCUT2D eigenvalue weighted by molar-refractivity contribution is 0.425. The van der Waals surface area contributed by atoms with Gasteiger partial charge in [0.1, 0.15) is 0 Å². The van der Waals surface area contributed by atoms with Crippen LogP contribution in [0.1, 0.15) is 0 Å². The smallest absolute Gasteiger partial charge is 0.423 e. The third-order valence-electron chi connectivity index (χ3n) is 4.57. The molecule has 2 N–H and O–H groups in total. The number of pyridine rings is 2. The van der Waals surface area contributed by atoms with Crippen LogP contribution in [-0.2, 0) is 0 Å². The SMILES string of the molecule is Brc1cnc2ccnn2c1.Fc1ccc(-c2cnc3ccnn3c2)cn1.OB(O)c1ccc(F)nc1. The monoisotopic (exact) mass is 552 g/mol. The molecule has 0 bridgehead atoms. The topological polar surface area (TPSA) is 127 Å². The highest BCUT2D eigenvalue weighted by Gasteiger charge is 2.10. The molecule has 0 aliphatic heterocycles. The van der Waals surface area contributed by atoms with E-state index in [1.165, 1.54) is 18.3 Å². The van der Waals surface area contributed by atoms with Gasteiger partial charge in [-0.25, -0.2) is 29.0 Å². The lowest BCUT2D eigenvalue weighted by atomic mass is 9.82. The molecule has 0 spiro atoms. The summed E-state index contributed by atoms with van der Waals surface area (Å²) in [6.07, 6.45) is 13.1. The fraction of sp³-hybridized carbons (Fsp3) is 0. The molecular weight excluding hydrogens is 537 g/mol. The molecule has 0 saturated heterocycles. The van der Waals surface area contributed by atoms with Crippen molar-refractivity contribution in [2.45, 2.75) is 0 Å². The second kappa shape index (κ2) is 11.5. The summed E-state index contributed by atoms with van der Waals surface area (Å²) < 4.78 is 29.0. The first-order valence-electron chi connectivity index (χ1n) is 10.2. The fourth-order valence-corrected chi connectivity index (χ4v) is 3.13. The molecule has 0 aromatic carbocycles. The van der Waals surface area contributed by atoms with E-state index in [1.54, 1.807) is 39.9 Å². The van der Waals surface area contributed by atoms with Crippen LogP contribution in [0.25, 0.3) is 22.4 Å². The van der Waals surface area contributed by atoms with E-state index in [1.807, 2.05) is 24.5 Å². The van der Waals surface area contributed by atoms with Crippen LogP contribution in [0.15, 0.2) is 90.4 Å². The third-order valence-corrected chi connectivity index (χ3v) is 4.98. The van der Waals surface area contributed by atoms with Crippen LogP contribution in [0.2, 0.25) is 0 Å². The Bertz CT molecular complexity index is 1560. The highest BCUT2D eigenvalue weighted by Crippen LogP contribution is 2.17. The van der Waals surface area contributed by atoms with Gasteiger partial charge in [0, 0.05) is 65.9 Å². The summed E-state index contributed by atoms with van der Waals surface area (Å²) in [7, 11) is -1.58. The average Bonchev–Trinajstić information content (AvgIpc) is 3.54. The molecule has 14 heteroatoms. The second-order valence-electron chi connectivity index (χ2n) is 7.04. The minimum atomic E-state index is -1.58. The molecule has 0 fully saturated rings. The van der Waals surface area contributed by atoms with Crippen molar-refractivity contribution in [3.63, 3.8) is 0 Å². The van der Waals surface area contributed by atoms with Crippen molar-refractivity contribution in [3.05, 3.63) is 102 Å². The van der Waals surface area contributed by atoms with Crippen molar-refractivity contribution in [1.29, 1.82) is 0 Å². The van der Waals surface area contributed by atoms with E-state index in [4.69, 9.17) is 10.0 Å². The van der Waals surface area contributed by atoms with Crippen LogP contribution in [0.3, 0.4) is 0 Å². The number of hydrogen-bond donors (Lipinski definition) is 2. The molecule has 0 unspecified atom stereocenters. The molecule has 180 valence electrons. The summed E-state index contributed by atoms with van der Waals surface area (Å²) in [5.74, 6) is -1.12. The van der Waals surface area contributed by atoms with Gasteiger partial charge in [0.15, 0.2) is 11.3 Å². The first kappa shape index (κ1) is 25.0. The molecular formula is C22H16BBrF2N8O2. The Morgan fingerprint density at radius 3 is 1.83 bits per heavy atom. The van der Waals surface area contributed by atoms with Crippen molar-refractivity contribution in [2.24, 2.45) is 0 Å². The summed E-state index contributed by atoms with van der Waals surface area (Å²) in [4.78, 5) is 15.1. The van der Waals surface area contributed by atoms with Crippen molar-refractivity contribution < 1.29 is 18.8 Å². The zero-order valence-electron chi connectivity index (χ0n) is 18.3. The molecule has 36 heavy (non-hydrogen) atoms. The van der Waals surface area contributed by atoms with Gasteiger partial charge >= 0.3 is 7.12 Å². The van der Waals surface area contributed by atoms with E-state index in [-0.39, 0.29) is 5.46 Å². The van der Waals surface area contributed by atoms with Crippen molar-refractivity contribution in [1.82, 2.24) is 39.2 Å². The van der Waals surface area contributed by atoms with Gasteiger partial charge in [-0.2, -0.15) is 19.0 Å². The predicted octanol–water partition coefficient (Wildman–Crippen LogP) is 2.32. The van der Waals surface area contributed by atoms with Crippen molar-refractivity contribution in [3.8, 4) is 11.1 Å². The lowest BCUT2D eigenvalue weighted by Crippen LogP contribution is -2.30. The van der Waals surface area contributed by atoms with Crippen LogP contribution in [-0.4, -0.2) is 56.3 Å². The zero-order valence-corrected chi connectivity index (χ0v) is 19.9. The van der Waals surface area contributed by atoms with Crippen LogP contribution in [0.5, 0.6) is 0 Å². The molecule has 6 aromatic rings. The van der Waals surface area contributed by atoms with Gasteiger partial charge in [-0.1, -0.05) is 6.07 Å². The quantitative estimate of drug-likeness (QED) is 0.247. The standard InChI is InChI=1S/C11H7FN4.C6H4BrN3.C5H5BFNO2/c12-10-2-1-8(5-13-10)9-6-14-11-3-4-15-16(11)7-9;7-5-3-8-6-1-2-9-10(6)4-5;7-5-2-1-4(3-8-5)6(9)10/h1-7H;1-4H;1-3,9-10H. The molecule has 10 nitrogen and oxygen atoms in total. The molecule has 0 aliphatic rings. The third kappa shape index (κ3) is 6.50. The first-order chi connectivity index (χ1) is 17.4. The summed E-state index contributed by atoms with van der Waals surface area (Å²) in [6.45, 7) is 0. The van der Waals surface area contributed by atoms with E-state index in [0.29, 0.717) is 0 Å². The number of aromatic nitrogens is 8. The summed E-state index contributed by atoms with van der Waals surface area (Å²) in [5, 5.41) is 25.1. The number of fused-ring (bicyclic) bond motifs is 2. The Hall–Kier alpha value is -4.14. The van der Waals surface area contributed by atoms with Gasteiger partial charge < -0.3 is 10.0 Å². The molecule has 6 rings (SSSR count). The zero-order chi connectivity index (χ0) is 25.5. The Morgan fingerprint density at radius 1 is 0.667 bits per heavy atom. The highest BCUT2D eigenvalue weighted by atomic mass is 79.9. The van der Waals surface area contributed by atoms with Gasteiger partial charge in [0.2, 0.25) is 11.9 Å². The van der Waals surface area contributed by atoms with E-state index in [0.717, 1.165) is 39.2 Å². The molecule has 0 radical (unpaired) electrons. The predicted molar refractivity (Wildman–Crippen MR) is 131 cm³/mol. The number of nitrogens with zero attached hydrogens (tertiary/aromatic N) is 8. The highest BCUT2D eigenvalue weighted by molar-refractivity contribution is 9.10. The van der Waals surface area contributed by atoms with Gasteiger partial charge in [0.05, 0.1) is 16.9 Å². The van der Waals surface area contributed by atoms with Gasteiger partial charge in [-0.3, -0.25) is 0 Å². The largest absolute Gasteiger partial charge is 0.490 e. The van der Waals surface area contributed by atoms with Gasteiger partial charge in [-0.15, -0.1) is 0 Å². The molecule has 0 aliphatic carbocycles. The van der Waals surface area contributed by atoms with E-state index >= 15 is 0 Å². The van der Waals surface area contributed by atoms with E-state index < -0.39 is 19.0 Å². The van der Waals surface area contributed by atoms with Crippen molar-refractivity contribution >= 4 is 39.8 Å². The van der Waals surface area contributed by atoms with Gasteiger partial charge in [-0.05, 0) is 34.1 Å². The Balaban J connectivity index is 0.000000133. The second-order valence-corrected chi connectivity index (χ2v) is 7.96. The fourth-order valence-electron chi connectivity index (χ4n) is 2.83. The maximum atomic E-state index is 12.7. The van der Waals surface area contributed by atoms with E-state index in [9.17, 15) is 8.78 Å². The molecule has 6 heterocycles. The molecule has 0 amide bonds. The summed E-state index contributed by atoms with van der Waals surface area (Å²) >= 11 is 3.29. The van der Waals surface area contributed by atoms with Crippen LogP contribution >= 0.6 is 15.9 Å². The number of hydrogen-bond acceptors (Lipinski definition) is 8. The normalized spacial score (nSPS) is 10.4. The lowest BCUT2D eigenvalue weighted by Gasteiger charge is -2.00. The minimum Gasteiger partial charge on any atom is -0.423 e. The van der Waals surface area contributed by atoms with Gasteiger partial charge in [0.25, 0.3) is 0 Å². The van der Waals surface area contributed by atoms with Crippen LogP contribution < -0.4 is 5.46 Å². The van der Waals surface area contributed by atoms with E-state index in [2.05, 4.69) is 46.1 Å². The average molecular weight is 553 g/mol. The maximum Gasteiger partial charge on any atom is 0.490 e. The number of halogens is 3. The first-order valence-corrected chi connectivity index (χ1v) is 11.0. The van der Waals surface area contributed by atoms with Crippen LogP contribution in [0, 0.1) is 11.9 Å². The summed E-state index contributed by atoms with van der Waals surface area (Å²) in [6, 6.07) is 8.97. The Morgan fingerprint density at radius 2 is 1.25 bits per heavy atom. The molecule has 0 saturated carbocycles. The summed E-state index contributed by atoms with van der Waals surface area (Å²) in [5.41, 5.74) is 3.48. The minimum absolute atomic E-state index is 0.182. The Labute approximate surface area is 211 Å². The Kier molecular flexibility index (Phi) is 8.00. The number of rotatable bonds is 2.